The maximum Gasteiger partial charge on any atom is 0.0686 e. The average Bonchev–Trinajstić information content (AvgIpc) is 2.21. The van der Waals surface area contributed by atoms with Crippen LogP contribution < -0.4 is 5.19 Å². The van der Waals surface area contributed by atoms with Crippen molar-refractivity contribution in [1.29, 1.82) is 0 Å². The molecule has 0 saturated carbocycles. The first-order chi connectivity index (χ1) is 6.45. The van der Waals surface area contributed by atoms with Crippen LogP contribution in [0.4, 0.5) is 0 Å². The van der Waals surface area contributed by atoms with Crippen LogP contribution in [0, 0.1) is 0 Å². The lowest BCUT2D eigenvalue weighted by molar-refractivity contribution is 1.39. The van der Waals surface area contributed by atoms with Gasteiger partial charge in [-0.2, -0.15) is 0 Å². The molecule has 1 aromatic rings. The van der Waals surface area contributed by atoms with Crippen molar-refractivity contribution in [2.24, 2.45) is 0 Å². The van der Waals surface area contributed by atoms with Gasteiger partial charge in [-0.25, -0.2) is 0 Å². The van der Waals surface area contributed by atoms with Gasteiger partial charge in [0.25, 0.3) is 0 Å². The van der Waals surface area contributed by atoms with Gasteiger partial charge in [-0.1, -0.05) is 54.6 Å². The topological polar surface area (TPSA) is 0 Å². The zero-order valence-corrected chi connectivity index (χ0v) is 8.40. The molecular weight excluding hydrogens is 172 g/mol. The van der Waals surface area contributed by atoms with Crippen molar-refractivity contribution >= 4 is 19.5 Å². The number of allylic oxidation sites excluding steroid dienone is 4. The molecule has 0 aliphatic heterocycles. The molecule has 1 aliphatic carbocycles. The van der Waals surface area contributed by atoms with Gasteiger partial charge in [0.1, 0.15) is 0 Å². The molecule has 2 rings (SSSR count). The summed E-state index contributed by atoms with van der Waals surface area (Å²) in [7, 11) is 0.797. The van der Waals surface area contributed by atoms with Gasteiger partial charge in [0.05, 0.1) is 9.13 Å². The molecule has 0 heterocycles. The highest BCUT2D eigenvalue weighted by Crippen LogP contribution is 1.95. The van der Waals surface area contributed by atoms with Gasteiger partial charge in [0.2, 0.25) is 0 Å². The lowest BCUT2D eigenvalue weighted by atomic mass is 10.2. The Morgan fingerprint density at radius 1 is 0.923 bits per heavy atom. The molecule has 0 amide bonds. The highest BCUT2D eigenvalue weighted by Gasteiger charge is 1.92. The second-order valence-corrected chi connectivity index (χ2v) is 4.39. The molecule has 0 spiro atoms. The molecule has 0 N–H and O–H groups in total. The second-order valence-electron chi connectivity index (χ2n) is 2.99. The van der Waals surface area contributed by atoms with E-state index in [1.54, 1.807) is 0 Å². The van der Waals surface area contributed by atoms with Gasteiger partial charge in [-0.15, -0.1) is 0 Å². The summed E-state index contributed by atoms with van der Waals surface area (Å²) in [5.41, 5.74) is 0. The summed E-state index contributed by atoms with van der Waals surface area (Å²) < 4.78 is 0. The summed E-state index contributed by atoms with van der Waals surface area (Å²) in [4.78, 5) is 0. The zero-order chi connectivity index (χ0) is 8.93. The average molecular weight is 183 g/mol. The molecule has 0 nitrogen and oxygen atoms in total. The molecule has 0 saturated heterocycles. The van der Waals surface area contributed by atoms with Crippen LogP contribution in [-0.4, -0.2) is 14.3 Å². The molecule has 0 atom stereocenters. The zero-order valence-electron chi connectivity index (χ0n) is 7.40. The molecule has 63 valence electrons. The molecule has 1 radical (unpaired) electrons. The lowest BCUT2D eigenvalue weighted by Crippen LogP contribution is -2.13. The van der Waals surface area contributed by atoms with Crippen LogP contribution in [0.1, 0.15) is 6.42 Å². The van der Waals surface area contributed by atoms with Crippen LogP contribution in [0.2, 0.25) is 0 Å². The maximum absolute atomic E-state index is 2.23. The normalized spacial score (nSPS) is 14.6. The summed E-state index contributed by atoms with van der Waals surface area (Å²) in [5.74, 6) is 0. The molecule has 1 heteroatoms. The van der Waals surface area contributed by atoms with E-state index in [0.29, 0.717) is 0 Å². The van der Waals surface area contributed by atoms with E-state index in [1.165, 1.54) is 10.4 Å². The van der Waals surface area contributed by atoms with E-state index in [2.05, 4.69) is 54.6 Å². The highest BCUT2D eigenvalue weighted by atomic mass is 28.2. The summed E-state index contributed by atoms with van der Waals surface area (Å²) in [6, 6.07) is 10.6. The largest absolute Gasteiger partial charge is 0.0805 e. The summed E-state index contributed by atoms with van der Waals surface area (Å²) in [6.45, 7) is 0. The van der Waals surface area contributed by atoms with Crippen molar-refractivity contribution in [3.63, 3.8) is 0 Å². The van der Waals surface area contributed by atoms with Crippen molar-refractivity contribution in [2.75, 3.05) is 0 Å². The Bertz CT molecular complexity index is 344. The second kappa shape index (κ2) is 4.15. The van der Waals surface area contributed by atoms with E-state index in [1.807, 2.05) is 0 Å². The number of hydrogen-bond donors (Lipinski definition) is 0. The van der Waals surface area contributed by atoms with E-state index >= 15 is 0 Å². The molecule has 13 heavy (non-hydrogen) atoms. The SMILES string of the molecule is C1=CC(=[Si]c2ccccc2)C=CC1. The smallest absolute Gasteiger partial charge is 0.0686 e. The van der Waals surface area contributed by atoms with Gasteiger partial charge in [-0.3, -0.25) is 0 Å². The van der Waals surface area contributed by atoms with E-state index in [9.17, 15) is 0 Å². The molecule has 0 fully saturated rings. The van der Waals surface area contributed by atoms with Gasteiger partial charge in [0.15, 0.2) is 0 Å². The van der Waals surface area contributed by atoms with E-state index in [4.69, 9.17) is 0 Å². The summed E-state index contributed by atoms with van der Waals surface area (Å²) in [5, 5.41) is 2.84. The van der Waals surface area contributed by atoms with Gasteiger partial charge in [0, 0.05) is 0 Å². The van der Waals surface area contributed by atoms with Gasteiger partial charge in [-0.05, 0) is 16.8 Å². The third-order valence-electron chi connectivity index (χ3n) is 1.93. The molecule has 1 aliphatic rings. The van der Waals surface area contributed by atoms with Crippen molar-refractivity contribution in [3.05, 3.63) is 54.6 Å². The predicted molar refractivity (Wildman–Crippen MR) is 59.7 cm³/mol. The Hall–Kier alpha value is -1.21. The van der Waals surface area contributed by atoms with Crippen LogP contribution >= 0.6 is 0 Å². The van der Waals surface area contributed by atoms with E-state index in [0.717, 1.165) is 15.6 Å². The fourth-order valence-corrected chi connectivity index (χ4v) is 2.39. The highest BCUT2D eigenvalue weighted by molar-refractivity contribution is 6.70. The van der Waals surface area contributed by atoms with E-state index < -0.39 is 0 Å². The molecule has 0 bridgehead atoms. The molecule has 1 aromatic carbocycles. The Morgan fingerprint density at radius 2 is 1.62 bits per heavy atom. The quantitative estimate of drug-likeness (QED) is 0.581. The van der Waals surface area contributed by atoms with E-state index in [-0.39, 0.29) is 0 Å². The summed E-state index contributed by atoms with van der Waals surface area (Å²) in [6.07, 6.45) is 9.97. The maximum atomic E-state index is 2.23. The molecule has 0 unspecified atom stereocenters. The first kappa shape index (κ1) is 8.39. The number of rotatable bonds is 1. The molecule has 0 aromatic heterocycles. The third kappa shape index (κ3) is 2.36. The first-order valence-corrected chi connectivity index (χ1v) is 5.47. The summed E-state index contributed by atoms with van der Waals surface area (Å²) >= 11 is 0. The Labute approximate surface area is 81.1 Å². The van der Waals surface area contributed by atoms with Crippen molar-refractivity contribution in [3.8, 4) is 0 Å². The molecular formula is C12H11Si. The predicted octanol–water partition coefficient (Wildman–Crippen LogP) is 1.70. The third-order valence-corrected chi connectivity index (χ3v) is 3.17. The van der Waals surface area contributed by atoms with Crippen molar-refractivity contribution in [1.82, 2.24) is 0 Å². The van der Waals surface area contributed by atoms with Crippen LogP contribution in [-0.2, 0) is 0 Å². The monoisotopic (exact) mass is 183 g/mol. The van der Waals surface area contributed by atoms with Gasteiger partial charge >= 0.3 is 0 Å². The van der Waals surface area contributed by atoms with Crippen molar-refractivity contribution in [2.45, 2.75) is 6.42 Å². The van der Waals surface area contributed by atoms with Gasteiger partial charge < -0.3 is 0 Å². The Morgan fingerprint density at radius 3 is 2.31 bits per heavy atom. The fraction of sp³-hybridized carbons (Fsp3) is 0.0833. The Balaban J connectivity index is 2.25. The standard InChI is InChI=1S/C12H11Si/c1-3-7-11(8-4-1)13-12-9-5-2-6-10-12/h1,3-10H,2H2. The number of benzene rings is 1. The minimum atomic E-state index is 0.797. The van der Waals surface area contributed by atoms with Crippen LogP contribution in [0.25, 0.3) is 0 Å². The Kier molecular flexibility index (Phi) is 2.67. The van der Waals surface area contributed by atoms with Crippen LogP contribution in [0.3, 0.4) is 0 Å². The lowest BCUT2D eigenvalue weighted by Gasteiger charge is -1.99. The minimum absolute atomic E-state index is 0.797. The van der Waals surface area contributed by atoms with Crippen LogP contribution in [0.15, 0.2) is 54.6 Å². The number of hydrogen-bond acceptors (Lipinski definition) is 0. The van der Waals surface area contributed by atoms with Crippen molar-refractivity contribution < 1.29 is 0 Å². The first-order valence-electron chi connectivity index (χ1n) is 4.47. The van der Waals surface area contributed by atoms with Crippen LogP contribution in [0.5, 0.6) is 0 Å². The minimum Gasteiger partial charge on any atom is -0.0805 e. The fourth-order valence-electron chi connectivity index (χ4n) is 1.30.